The SMILES string of the molecule is CC(C)c1ccccc1N.CC1=NN(c2ccc(C(=O)O)cc2)C(=O)/C1=C\Nc1ccccc1C(C)C. The molecule has 0 fully saturated rings. The second-order valence-corrected chi connectivity index (χ2v) is 9.38. The molecule has 3 aromatic rings. The predicted molar refractivity (Wildman–Crippen MR) is 151 cm³/mol. The molecule has 0 aliphatic carbocycles. The number of para-hydroxylation sites is 2. The molecule has 1 aliphatic rings. The topological polar surface area (TPSA) is 108 Å². The average Bonchev–Trinajstić information content (AvgIpc) is 3.16. The highest BCUT2D eigenvalue weighted by molar-refractivity contribution is 6.29. The van der Waals surface area contributed by atoms with Crippen molar-refractivity contribution in [2.75, 3.05) is 16.1 Å². The summed E-state index contributed by atoms with van der Waals surface area (Å²) >= 11 is 0. The fourth-order valence-corrected chi connectivity index (χ4v) is 3.92. The average molecular weight is 499 g/mol. The number of carbonyl (C=O) groups excluding carboxylic acids is 1. The van der Waals surface area contributed by atoms with Gasteiger partial charge in [0.2, 0.25) is 0 Å². The van der Waals surface area contributed by atoms with Crippen LogP contribution in [-0.4, -0.2) is 22.7 Å². The van der Waals surface area contributed by atoms with Crippen LogP contribution in [0.5, 0.6) is 0 Å². The van der Waals surface area contributed by atoms with Gasteiger partial charge in [0.15, 0.2) is 0 Å². The number of carbonyl (C=O) groups is 2. The van der Waals surface area contributed by atoms with Crippen molar-refractivity contribution < 1.29 is 14.7 Å². The van der Waals surface area contributed by atoms with Crippen molar-refractivity contribution in [2.24, 2.45) is 5.10 Å². The minimum absolute atomic E-state index is 0.161. The van der Waals surface area contributed by atoms with Crippen LogP contribution in [0.3, 0.4) is 0 Å². The Hall–Kier alpha value is -4.39. The lowest BCUT2D eigenvalue weighted by atomic mass is 10.0. The number of anilines is 3. The van der Waals surface area contributed by atoms with E-state index in [-0.39, 0.29) is 11.5 Å². The van der Waals surface area contributed by atoms with Crippen LogP contribution in [0.4, 0.5) is 17.1 Å². The molecular weight excluding hydrogens is 464 g/mol. The number of carboxylic acid groups (broad SMARTS) is 1. The standard InChI is InChI=1S/C21H21N3O3.C9H13N/c1-13(2)17-6-4-5-7-19(17)22-12-18-14(3)23-24(20(18)25)16-10-8-15(9-11-16)21(26)27;1-7(2)8-5-3-4-6-9(8)10/h4-13,22H,1-3H3,(H,26,27);3-7H,10H2,1-2H3/b18-12-;. The van der Waals surface area contributed by atoms with Gasteiger partial charge in [-0.15, -0.1) is 0 Å². The Morgan fingerprint density at radius 2 is 1.49 bits per heavy atom. The quantitative estimate of drug-likeness (QED) is 0.261. The number of benzene rings is 3. The molecule has 0 atom stereocenters. The molecule has 7 nitrogen and oxygen atoms in total. The number of nitrogens with zero attached hydrogens (tertiary/aromatic N) is 2. The monoisotopic (exact) mass is 498 g/mol. The fourth-order valence-electron chi connectivity index (χ4n) is 3.92. The van der Waals surface area contributed by atoms with E-state index in [0.717, 1.165) is 16.9 Å². The summed E-state index contributed by atoms with van der Waals surface area (Å²) in [5.41, 5.74) is 11.7. The van der Waals surface area contributed by atoms with E-state index in [1.165, 1.54) is 22.7 Å². The maximum absolute atomic E-state index is 12.8. The number of aromatic carboxylic acids is 1. The van der Waals surface area contributed by atoms with Gasteiger partial charge < -0.3 is 16.2 Å². The molecule has 3 aromatic carbocycles. The molecule has 0 radical (unpaired) electrons. The Bertz CT molecular complexity index is 1320. The molecule has 0 unspecified atom stereocenters. The summed E-state index contributed by atoms with van der Waals surface area (Å²) in [6.45, 7) is 10.3. The number of rotatable bonds is 6. The first-order valence-corrected chi connectivity index (χ1v) is 12.2. The maximum atomic E-state index is 12.8. The molecule has 4 N–H and O–H groups in total. The predicted octanol–water partition coefficient (Wildman–Crippen LogP) is 6.62. The largest absolute Gasteiger partial charge is 0.478 e. The number of nitrogens with two attached hydrogens (primary N) is 1. The van der Waals surface area contributed by atoms with Crippen LogP contribution < -0.4 is 16.1 Å². The van der Waals surface area contributed by atoms with Gasteiger partial charge in [0, 0.05) is 17.6 Å². The molecule has 0 bridgehead atoms. The molecule has 0 saturated heterocycles. The normalized spacial score (nSPS) is 14.0. The maximum Gasteiger partial charge on any atom is 0.335 e. The molecule has 0 spiro atoms. The highest BCUT2D eigenvalue weighted by Gasteiger charge is 2.29. The Morgan fingerprint density at radius 3 is 2.03 bits per heavy atom. The summed E-state index contributed by atoms with van der Waals surface area (Å²) in [6.07, 6.45) is 1.67. The minimum atomic E-state index is -1.01. The van der Waals surface area contributed by atoms with Gasteiger partial charge >= 0.3 is 5.97 Å². The van der Waals surface area contributed by atoms with Gasteiger partial charge in [-0.3, -0.25) is 4.79 Å². The van der Waals surface area contributed by atoms with Crippen LogP contribution in [0.1, 0.15) is 67.9 Å². The third kappa shape index (κ3) is 6.64. The third-order valence-electron chi connectivity index (χ3n) is 5.99. The summed E-state index contributed by atoms with van der Waals surface area (Å²) in [4.78, 5) is 23.7. The van der Waals surface area contributed by atoms with Crippen LogP contribution in [-0.2, 0) is 4.79 Å². The second kappa shape index (κ2) is 12.0. The van der Waals surface area contributed by atoms with Gasteiger partial charge in [-0.1, -0.05) is 64.1 Å². The number of hydrazone groups is 1. The molecule has 1 heterocycles. The Kier molecular flexibility index (Phi) is 8.85. The van der Waals surface area contributed by atoms with Crippen molar-refractivity contribution in [3.05, 3.63) is 101 Å². The summed E-state index contributed by atoms with van der Waals surface area (Å²) in [6, 6.07) is 22.0. The first-order valence-electron chi connectivity index (χ1n) is 12.2. The van der Waals surface area contributed by atoms with E-state index in [1.54, 1.807) is 25.3 Å². The third-order valence-corrected chi connectivity index (χ3v) is 5.99. The van der Waals surface area contributed by atoms with Gasteiger partial charge in [0.1, 0.15) is 0 Å². The number of nitrogen functional groups attached to an aromatic ring is 1. The first kappa shape index (κ1) is 27.2. The van der Waals surface area contributed by atoms with E-state index in [4.69, 9.17) is 10.8 Å². The van der Waals surface area contributed by atoms with Gasteiger partial charge in [-0.25, -0.2) is 4.79 Å². The van der Waals surface area contributed by atoms with E-state index in [2.05, 4.69) is 50.2 Å². The lowest BCUT2D eigenvalue weighted by Crippen LogP contribution is -2.21. The number of carboxylic acids is 1. The molecule has 37 heavy (non-hydrogen) atoms. The lowest BCUT2D eigenvalue weighted by Gasteiger charge is -2.13. The molecular formula is C30H34N4O3. The van der Waals surface area contributed by atoms with Crippen LogP contribution in [0.15, 0.2) is 89.7 Å². The van der Waals surface area contributed by atoms with Crippen molar-refractivity contribution in [2.45, 2.75) is 46.5 Å². The van der Waals surface area contributed by atoms with Crippen LogP contribution in [0.25, 0.3) is 0 Å². The fraction of sp³-hybridized carbons (Fsp3) is 0.233. The highest BCUT2D eigenvalue weighted by Crippen LogP contribution is 2.27. The summed E-state index contributed by atoms with van der Waals surface area (Å²) in [5, 5.41) is 17.8. The van der Waals surface area contributed by atoms with Gasteiger partial charge in [-0.05, 0) is 66.3 Å². The van der Waals surface area contributed by atoms with Crippen LogP contribution in [0, 0.1) is 0 Å². The first-order chi connectivity index (χ1) is 17.6. The summed E-state index contributed by atoms with van der Waals surface area (Å²) in [5.74, 6) is -0.390. The smallest absolute Gasteiger partial charge is 0.335 e. The number of hydrogen-bond donors (Lipinski definition) is 3. The van der Waals surface area contributed by atoms with E-state index in [1.807, 2.05) is 36.4 Å². The van der Waals surface area contributed by atoms with Crippen LogP contribution >= 0.6 is 0 Å². The molecule has 4 rings (SSSR count). The molecule has 1 aliphatic heterocycles. The second-order valence-electron chi connectivity index (χ2n) is 9.38. The molecule has 0 aromatic heterocycles. The summed E-state index contributed by atoms with van der Waals surface area (Å²) < 4.78 is 0. The zero-order valence-electron chi connectivity index (χ0n) is 21.9. The van der Waals surface area contributed by atoms with Crippen molar-refractivity contribution in [1.29, 1.82) is 0 Å². The van der Waals surface area contributed by atoms with Gasteiger partial charge in [-0.2, -0.15) is 10.1 Å². The van der Waals surface area contributed by atoms with E-state index in [0.29, 0.717) is 28.8 Å². The van der Waals surface area contributed by atoms with Gasteiger partial charge in [0.25, 0.3) is 5.91 Å². The zero-order chi connectivity index (χ0) is 27.1. The number of hydrogen-bond acceptors (Lipinski definition) is 5. The number of nitrogens with one attached hydrogen (secondary N) is 1. The lowest BCUT2D eigenvalue weighted by molar-refractivity contribution is -0.114. The van der Waals surface area contributed by atoms with Crippen molar-refractivity contribution >= 4 is 34.7 Å². The van der Waals surface area contributed by atoms with E-state index < -0.39 is 5.97 Å². The van der Waals surface area contributed by atoms with Crippen molar-refractivity contribution in [3.63, 3.8) is 0 Å². The Balaban J connectivity index is 0.000000319. The van der Waals surface area contributed by atoms with Crippen molar-refractivity contribution in [3.8, 4) is 0 Å². The minimum Gasteiger partial charge on any atom is -0.478 e. The molecule has 0 saturated carbocycles. The zero-order valence-corrected chi connectivity index (χ0v) is 21.9. The van der Waals surface area contributed by atoms with Crippen LogP contribution in [0.2, 0.25) is 0 Å². The molecule has 1 amide bonds. The summed E-state index contributed by atoms with van der Waals surface area (Å²) in [7, 11) is 0. The van der Waals surface area contributed by atoms with Gasteiger partial charge in [0.05, 0.1) is 22.5 Å². The Labute approximate surface area is 218 Å². The Morgan fingerprint density at radius 1 is 0.919 bits per heavy atom. The van der Waals surface area contributed by atoms with E-state index >= 15 is 0 Å². The molecule has 192 valence electrons. The highest BCUT2D eigenvalue weighted by atomic mass is 16.4. The van der Waals surface area contributed by atoms with E-state index in [9.17, 15) is 9.59 Å². The number of amides is 1. The van der Waals surface area contributed by atoms with Crippen molar-refractivity contribution in [1.82, 2.24) is 0 Å². The molecule has 7 heteroatoms.